The van der Waals surface area contributed by atoms with Gasteiger partial charge in [0, 0.05) is 26.3 Å². The molecule has 1 N–H and O–H groups in total. The molecule has 1 rings (SSSR count). The Morgan fingerprint density at radius 2 is 1.88 bits per heavy atom. The van der Waals surface area contributed by atoms with Crippen LogP contribution in [0.4, 0.5) is 9.59 Å². The van der Waals surface area contributed by atoms with Crippen molar-refractivity contribution in [3.63, 3.8) is 0 Å². The number of carbonyl (C=O) groups excluding carboxylic acids is 2. The maximum absolute atomic E-state index is 11.6. The number of ether oxygens (including phenoxy) is 1. The van der Waals surface area contributed by atoms with E-state index < -0.39 is 0 Å². The van der Waals surface area contributed by atoms with Crippen molar-refractivity contribution in [2.24, 2.45) is 0 Å². The van der Waals surface area contributed by atoms with Crippen molar-refractivity contribution in [2.45, 2.75) is 73.0 Å². The fourth-order valence-corrected chi connectivity index (χ4v) is 1.75. The number of carbonyl (C=O) groups is 2. The number of nitrogens with one attached hydrogen (secondary N) is 1. The monoisotopic (exact) mass is 354 g/mol. The van der Waals surface area contributed by atoms with E-state index in [4.69, 9.17) is 4.74 Å². The summed E-state index contributed by atoms with van der Waals surface area (Å²) < 4.78 is 6.38. The van der Waals surface area contributed by atoms with E-state index >= 15 is 0 Å². The summed E-state index contributed by atoms with van der Waals surface area (Å²) >= 11 is 0. The third-order valence-electron chi connectivity index (χ3n) is 2.87. The number of amides is 2. The highest BCUT2D eigenvalue weighted by Gasteiger charge is 2.16. The predicted molar refractivity (Wildman–Crippen MR) is 99.9 cm³/mol. The van der Waals surface area contributed by atoms with Crippen LogP contribution < -0.4 is 5.32 Å². The first-order chi connectivity index (χ1) is 11.4. The Morgan fingerprint density at radius 3 is 2.24 bits per heavy atom. The second-order valence-corrected chi connectivity index (χ2v) is 7.43. The second kappa shape index (κ2) is 10.1. The van der Waals surface area contributed by atoms with E-state index in [1.54, 1.807) is 20.3 Å². The Balaban J connectivity index is 0.000000504. The maximum atomic E-state index is 11.6. The molecule has 0 atom stereocenters. The third kappa shape index (κ3) is 9.74. The molecule has 1 aromatic rings. The van der Waals surface area contributed by atoms with Gasteiger partial charge in [0.15, 0.2) is 0 Å². The Morgan fingerprint density at radius 1 is 1.32 bits per heavy atom. The van der Waals surface area contributed by atoms with Crippen molar-refractivity contribution in [1.82, 2.24) is 20.0 Å². The molecule has 0 saturated heterocycles. The van der Waals surface area contributed by atoms with Crippen LogP contribution in [0.25, 0.3) is 0 Å². The Hall–Kier alpha value is -2.05. The molecule has 1 aromatic heterocycles. The van der Waals surface area contributed by atoms with Crippen LogP contribution >= 0.6 is 0 Å². The van der Waals surface area contributed by atoms with Crippen molar-refractivity contribution in [2.75, 3.05) is 14.1 Å². The molecule has 7 heteroatoms. The number of nitrogens with zero attached hydrogens (tertiary/aromatic N) is 3. The minimum Gasteiger partial charge on any atom is -0.444 e. The molecule has 2 amide bonds. The van der Waals surface area contributed by atoms with Gasteiger partial charge in [-0.2, -0.15) is 9.78 Å². The summed E-state index contributed by atoms with van der Waals surface area (Å²) in [6.45, 7) is 13.5. The Kier molecular flexibility index (Phi) is 9.23. The van der Waals surface area contributed by atoms with E-state index in [9.17, 15) is 9.59 Å². The number of rotatable bonds is 3. The van der Waals surface area contributed by atoms with E-state index in [0.29, 0.717) is 0 Å². The molecule has 7 nitrogen and oxygen atoms in total. The van der Waals surface area contributed by atoms with E-state index in [0.717, 1.165) is 24.1 Å². The molecule has 0 aliphatic carbocycles. The highest BCUT2D eigenvalue weighted by Crippen LogP contribution is 2.08. The predicted octanol–water partition coefficient (Wildman–Crippen LogP) is 3.59. The molecule has 0 aromatic carbocycles. The van der Waals surface area contributed by atoms with E-state index in [1.165, 1.54) is 9.58 Å². The summed E-state index contributed by atoms with van der Waals surface area (Å²) in [5.41, 5.74) is 1.70. The Labute approximate surface area is 151 Å². The molecule has 0 radical (unpaired) electrons. The van der Waals surface area contributed by atoms with Crippen LogP contribution in [0.5, 0.6) is 0 Å². The minimum absolute atomic E-state index is 0.136. The van der Waals surface area contributed by atoms with Gasteiger partial charge < -0.3 is 15.0 Å². The van der Waals surface area contributed by atoms with Gasteiger partial charge in [-0.15, -0.1) is 0 Å². The van der Waals surface area contributed by atoms with Crippen LogP contribution in [0.1, 0.15) is 59.2 Å². The SMILES string of the molecule is CCCc1nn(C(=O)NC(C)C)cc1C.CN(C)C(=O)OC(C)(C)C. The van der Waals surface area contributed by atoms with Gasteiger partial charge in [-0.3, -0.25) is 0 Å². The van der Waals surface area contributed by atoms with Crippen molar-refractivity contribution in [3.8, 4) is 0 Å². The molecule has 0 aliphatic rings. The minimum atomic E-state index is -0.388. The maximum Gasteiger partial charge on any atom is 0.409 e. The van der Waals surface area contributed by atoms with Gasteiger partial charge in [-0.1, -0.05) is 13.3 Å². The van der Waals surface area contributed by atoms with Gasteiger partial charge in [0.05, 0.1) is 5.69 Å². The van der Waals surface area contributed by atoms with Crippen LogP contribution in [-0.4, -0.2) is 52.5 Å². The number of aromatic nitrogens is 2. The van der Waals surface area contributed by atoms with E-state index in [2.05, 4.69) is 17.3 Å². The number of hydrogen-bond acceptors (Lipinski definition) is 4. The molecule has 1 heterocycles. The number of aryl methyl sites for hydroxylation is 2. The quantitative estimate of drug-likeness (QED) is 0.900. The van der Waals surface area contributed by atoms with Crippen molar-refractivity contribution < 1.29 is 14.3 Å². The summed E-state index contributed by atoms with van der Waals surface area (Å²) in [4.78, 5) is 23.9. The van der Waals surface area contributed by atoms with Gasteiger partial charge in [0.1, 0.15) is 5.60 Å². The summed E-state index contributed by atoms with van der Waals surface area (Å²) in [5.74, 6) is 0. The zero-order valence-electron chi connectivity index (χ0n) is 17.1. The largest absolute Gasteiger partial charge is 0.444 e. The molecular formula is C18H34N4O3. The third-order valence-corrected chi connectivity index (χ3v) is 2.87. The standard InChI is InChI=1S/C11H19N3O.C7H15NO2/c1-5-6-10-9(4)7-14(13-10)11(15)12-8(2)3;1-7(2,3)10-6(9)8(4)5/h7-8H,5-6H2,1-4H3,(H,12,15);1-5H3. The molecule has 0 aliphatic heterocycles. The fraction of sp³-hybridized carbons (Fsp3) is 0.722. The molecule has 144 valence electrons. The molecule has 0 saturated carbocycles. The van der Waals surface area contributed by atoms with Gasteiger partial charge in [-0.05, 0) is 53.5 Å². The topological polar surface area (TPSA) is 76.5 Å². The first-order valence-electron chi connectivity index (χ1n) is 8.63. The lowest BCUT2D eigenvalue weighted by atomic mass is 10.2. The van der Waals surface area contributed by atoms with Gasteiger partial charge >= 0.3 is 12.1 Å². The average Bonchev–Trinajstić information content (AvgIpc) is 2.79. The van der Waals surface area contributed by atoms with Crippen molar-refractivity contribution in [1.29, 1.82) is 0 Å². The molecule has 25 heavy (non-hydrogen) atoms. The summed E-state index contributed by atoms with van der Waals surface area (Å²) in [6.07, 6.45) is 3.45. The van der Waals surface area contributed by atoms with Crippen LogP contribution in [0, 0.1) is 6.92 Å². The highest BCUT2D eigenvalue weighted by atomic mass is 16.6. The van der Waals surface area contributed by atoms with Gasteiger partial charge in [0.25, 0.3) is 0 Å². The van der Waals surface area contributed by atoms with Crippen LogP contribution in [0.2, 0.25) is 0 Å². The smallest absolute Gasteiger partial charge is 0.409 e. The lowest BCUT2D eigenvalue weighted by Crippen LogP contribution is -2.34. The molecular weight excluding hydrogens is 320 g/mol. The molecule has 0 bridgehead atoms. The normalized spacial score (nSPS) is 10.8. The van der Waals surface area contributed by atoms with Crippen LogP contribution in [-0.2, 0) is 11.2 Å². The molecule has 0 fully saturated rings. The number of hydrogen-bond donors (Lipinski definition) is 1. The average molecular weight is 354 g/mol. The Bertz CT molecular complexity index is 557. The summed E-state index contributed by atoms with van der Waals surface area (Å²) in [6, 6.07) is -0.0212. The van der Waals surface area contributed by atoms with Crippen molar-refractivity contribution in [3.05, 3.63) is 17.5 Å². The van der Waals surface area contributed by atoms with Crippen LogP contribution in [0.15, 0.2) is 6.20 Å². The van der Waals surface area contributed by atoms with Gasteiger partial charge in [0.2, 0.25) is 0 Å². The first-order valence-corrected chi connectivity index (χ1v) is 8.63. The van der Waals surface area contributed by atoms with E-state index in [1.807, 2.05) is 41.5 Å². The fourth-order valence-electron chi connectivity index (χ4n) is 1.75. The lowest BCUT2D eigenvalue weighted by molar-refractivity contribution is 0.0341. The highest BCUT2D eigenvalue weighted by molar-refractivity contribution is 5.76. The summed E-state index contributed by atoms with van der Waals surface area (Å²) in [5, 5.41) is 7.06. The first kappa shape index (κ1) is 22.9. The van der Waals surface area contributed by atoms with Crippen molar-refractivity contribution >= 4 is 12.1 Å². The summed E-state index contributed by atoms with van der Waals surface area (Å²) in [7, 11) is 3.32. The zero-order valence-corrected chi connectivity index (χ0v) is 17.1. The lowest BCUT2D eigenvalue weighted by Gasteiger charge is -2.22. The zero-order chi connectivity index (χ0) is 19.8. The van der Waals surface area contributed by atoms with Gasteiger partial charge in [-0.25, -0.2) is 9.59 Å². The van der Waals surface area contributed by atoms with E-state index in [-0.39, 0.29) is 23.8 Å². The second-order valence-electron chi connectivity index (χ2n) is 7.43. The molecule has 0 spiro atoms. The van der Waals surface area contributed by atoms with Crippen LogP contribution in [0.3, 0.4) is 0 Å². The molecule has 0 unspecified atom stereocenters.